The van der Waals surface area contributed by atoms with E-state index >= 15 is 0 Å². The molecule has 1 saturated heterocycles. The first-order chi connectivity index (χ1) is 12.6. The summed E-state index contributed by atoms with van der Waals surface area (Å²) in [6.07, 6.45) is 3.82. The third-order valence-corrected chi connectivity index (χ3v) is 6.19. The number of para-hydroxylation sites is 1. The summed E-state index contributed by atoms with van der Waals surface area (Å²) < 4.78 is 0. The van der Waals surface area contributed by atoms with Crippen LogP contribution >= 0.6 is 11.3 Å². The fraction of sp³-hybridized carbons (Fsp3) is 0.500. The molecule has 2 heterocycles. The van der Waals surface area contributed by atoms with Crippen LogP contribution < -0.4 is 4.90 Å². The summed E-state index contributed by atoms with van der Waals surface area (Å²) in [7, 11) is 0. The fourth-order valence-electron chi connectivity index (χ4n) is 4.06. The molecule has 0 N–H and O–H groups in total. The Labute approximate surface area is 161 Å². The van der Waals surface area contributed by atoms with Gasteiger partial charge in [0.15, 0.2) is 0 Å². The van der Waals surface area contributed by atoms with Gasteiger partial charge < -0.3 is 9.80 Å². The molecule has 1 amide bonds. The molecule has 0 radical (unpaired) electrons. The van der Waals surface area contributed by atoms with Crippen molar-refractivity contribution in [1.82, 2.24) is 4.90 Å². The van der Waals surface area contributed by atoms with Crippen LogP contribution in [0.3, 0.4) is 0 Å². The van der Waals surface area contributed by atoms with Crippen LogP contribution in [0, 0.1) is 13.8 Å². The van der Waals surface area contributed by atoms with Crippen molar-refractivity contribution in [3.8, 4) is 0 Å². The predicted octanol–water partition coefficient (Wildman–Crippen LogP) is 4.82. The highest BCUT2D eigenvalue weighted by Crippen LogP contribution is 2.31. The van der Waals surface area contributed by atoms with Crippen molar-refractivity contribution in [1.29, 1.82) is 0 Å². The largest absolute Gasteiger partial charge is 0.308 e. The molecule has 140 valence electrons. The van der Waals surface area contributed by atoms with Crippen molar-refractivity contribution in [3.63, 3.8) is 0 Å². The molecule has 3 rings (SSSR count). The van der Waals surface area contributed by atoms with Gasteiger partial charge in [-0.2, -0.15) is 0 Å². The smallest absolute Gasteiger partial charge is 0.232 e. The second kappa shape index (κ2) is 8.83. The molecule has 0 unspecified atom stereocenters. The lowest BCUT2D eigenvalue weighted by Crippen LogP contribution is -2.48. The zero-order valence-electron chi connectivity index (χ0n) is 16.2. The minimum absolute atomic E-state index is 0.235. The van der Waals surface area contributed by atoms with Crippen LogP contribution in [0.1, 0.15) is 42.2 Å². The molecule has 0 bridgehead atoms. The van der Waals surface area contributed by atoms with Crippen molar-refractivity contribution in [3.05, 3.63) is 51.7 Å². The standard InChI is InChI=1S/C22H30N2OS/c1-4-12-23-13-10-19(11-14-23)24(21(25)16-20-9-6-15-26-20)22-17(2)7-5-8-18(22)3/h5-9,15,19H,4,10-14,16H2,1-3H3. The van der Waals surface area contributed by atoms with Crippen LogP contribution in [0.25, 0.3) is 0 Å². The van der Waals surface area contributed by atoms with Gasteiger partial charge in [0, 0.05) is 29.7 Å². The minimum atomic E-state index is 0.235. The van der Waals surface area contributed by atoms with E-state index in [0.717, 1.165) is 36.5 Å². The monoisotopic (exact) mass is 370 g/mol. The van der Waals surface area contributed by atoms with Gasteiger partial charge in [0.05, 0.1) is 6.42 Å². The Kier molecular flexibility index (Phi) is 6.49. The lowest BCUT2D eigenvalue weighted by molar-refractivity contribution is -0.118. The quantitative estimate of drug-likeness (QED) is 0.728. The Morgan fingerprint density at radius 1 is 1.15 bits per heavy atom. The number of hydrogen-bond acceptors (Lipinski definition) is 3. The summed E-state index contributed by atoms with van der Waals surface area (Å²) in [4.78, 5) is 19.2. The van der Waals surface area contributed by atoms with Crippen molar-refractivity contribution in [2.24, 2.45) is 0 Å². The fourth-order valence-corrected chi connectivity index (χ4v) is 4.76. The molecule has 1 aromatic heterocycles. The van der Waals surface area contributed by atoms with Crippen molar-refractivity contribution >= 4 is 22.9 Å². The zero-order chi connectivity index (χ0) is 18.5. The van der Waals surface area contributed by atoms with E-state index in [0.29, 0.717) is 12.5 Å². The number of carbonyl (C=O) groups excluding carboxylic acids is 1. The molecule has 3 nitrogen and oxygen atoms in total. The lowest BCUT2D eigenvalue weighted by atomic mass is 9.98. The summed E-state index contributed by atoms with van der Waals surface area (Å²) in [6, 6.07) is 10.7. The number of nitrogens with zero attached hydrogens (tertiary/aromatic N) is 2. The highest BCUT2D eigenvalue weighted by atomic mass is 32.1. The van der Waals surface area contributed by atoms with E-state index in [1.54, 1.807) is 11.3 Å². The van der Waals surface area contributed by atoms with E-state index in [-0.39, 0.29) is 5.91 Å². The number of piperidine rings is 1. The van der Waals surface area contributed by atoms with Crippen molar-refractivity contribution in [2.45, 2.75) is 52.5 Å². The van der Waals surface area contributed by atoms with Gasteiger partial charge in [-0.25, -0.2) is 0 Å². The maximum Gasteiger partial charge on any atom is 0.232 e. The highest BCUT2D eigenvalue weighted by Gasteiger charge is 2.30. The molecular weight excluding hydrogens is 340 g/mol. The Morgan fingerprint density at radius 3 is 2.42 bits per heavy atom. The molecule has 1 fully saturated rings. The average molecular weight is 371 g/mol. The number of benzene rings is 1. The molecule has 0 saturated carbocycles. The van der Waals surface area contributed by atoms with Gasteiger partial charge in [-0.15, -0.1) is 11.3 Å². The average Bonchev–Trinajstić information content (AvgIpc) is 3.12. The Bertz CT molecular complexity index is 697. The van der Waals surface area contributed by atoms with E-state index in [2.05, 4.69) is 60.2 Å². The number of aryl methyl sites for hydroxylation is 2. The molecule has 1 aromatic carbocycles. The topological polar surface area (TPSA) is 23.6 Å². The van der Waals surface area contributed by atoms with E-state index in [4.69, 9.17) is 0 Å². The number of likely N-dealkylation sites (tertiary alicyclic amines) is 1. The van der Waals surface area contributed by atoms with E-state index < -0.39 is 0 Å². The summed E-state index contributed by atoms with van der Waals surface area (Å²) in [5, 5.41) is 2.05. The maximum absolute atomic E-state index is 13.3. The van der Waals surface area contributed by atoms with Gasteiger partial charge in [-0.3, -0.25) is 4.79 Å². The number of amides is 1. The first-order valence-corrected chi connectivity index (χ1v) is 10.6. The van der Waals surface area contributed by atoms with E-state index in [1.807, 2.05) is 6.07 Å². The number of hydrogen-bond donors (Lipinski definition) is 0. The zero-order valence-corrected chi connectivity index (χ0v) is 17.0. The number of thiophene rings is 1. The Morgan fingerprint density at radius 2 is 1.85 bits per heavy atom. The Hall–Kier alpha value is -1.65. The minimum Gasteiger partial charge on any atom is -0.308 e. The number of carbonyl (C=O) groups is 1. The summed E-state index contributed by atoms with van der Waals surface area (Å²) in [5.41, 5.74) is 3.52. The Balaban J connectivity index is 1.86. The van der Waals surface area contributed by atoms with Crippen LogP contribution in [-0.4, -0.2) is 36.5 Å². The third-order valence-electron chi connectivity index (χ3n) is 5.32. The van der Waals surface area contributed by atoms with Crippen LogP contribution in [0.2, 0.25) is 0 Å². The normalized spacial score (nSPS) is 16.0. The van der Waals surface area contributed by atoms with Crippen LogP contribution in [0.15, 0.2) is 35.7 Å². The molecule has 1 aliphatic heterocycles. The first-order valence-electron chi connectivity index (χ1n) is 9.73. The van der Waals surface area contributed by atoms with Gasteiger partial charge in [0.2, 0.25) is 5.91 Å². The molecule has 0 atom stereocenters. The maximum atomic E-state index is 13.3. The third kappa shape index (κ3) is 4.36. The predicted molar refractivity (Wildman–Crippen MR) is 111 cm³/mol. The van der Waals surface area contributed by atoms with Gasteiger partial charge in [-0.05, 0) is 62.2 Å². The summed E-state index contributed by atoms with van der Waals surface area (Å²) in [6.45, 7) is 9.83. The summed E-state index contributed by atoms with van der Waals surface area (Å²) in [5.74, 6) is 0.235. The van der Waals surface area contributed by atoms with Gasteiger partial charge in [0.1, 0.15) is 0 Å². The van der Waals surface area contributed by atoms with Crippen molar-refractivity contribution in [2.75, 3.05) is 24.5 Å². The molecule has 1 aliphatic rings. The molecule has 0 aliphatic carbocycles. The molecule has 2 aromatic rings. The van der Waals surface area contributed by atoms with E-state index in [1.165, 1.54) is 24.1 Å². The van der Waals surface area contributed by atoms with E-state index in [9.17, 15) is 4.79 Å². The second-order valence-corrected chi connectivity index (χ2v) is 8.37. The van der Waals surface area contributed by atoms with Crippen LogP contribution in [-0.2, 0) is 11.2 Å². The second-order valence-electron chi connectivity index (χ2n) is 7.33. The van der Waals surface area contributed by atoms with Gasteiger partial charge in [-0.1, -0.05) is 31.2 Å². The lowest BCUT2D eigenvalue weighted by Gasteiger charge is -2.39. The SMILES string of the molecule is CCCN1CCC(N(C(=O)Cc2cccs2)c2c(C)cccc2C)CC1. The van der Waals surface area contributed by atoms with Crippen LogP contribution in [0.5, 0.6) is 0 Å². The molecule has 0 spiro atoms. The molecule has 26 heavy (non-hydrogen) atoms. The van der Waals surface area contributed by atoms with Crippen molar-refractivity contribution < 1.29 is 4.79 Å². The number of rotatable bonds is 6. The highest BCUT2D eigenvalue weighted by molar-refractivity contribution is 7.10. The van der Waals surface area contributed by atoms with Gasteiger partial charge >= 0.3 is 0 Å². The first kappa shape index (κ1) is 19.1. The molecular formula is C22H30N2OS. The summed E-state index contributed by atoms with van der Waals surface area (Å²) >= 11 is 1.67. The van der Waals surface area contributed by atoms with Gasteiger partial charge in [0.25, 0.3) is 0 Å². The number of anilines is 1. The van der Waals surface area contributed by atoms with Crippen LogP contribution in [0.4, 0.5) is 5.69 Å². The molecule has 4 heteroatoms.